The number of thiazole rings is 1. The number of rotatable bonds is 6. The Morgan fingerprint density at radius 3 is 3.16 bits per heavy atom. The first-order valence-electron chi connectivity index (χ1n) is 6.75. The van der Waals surface area contributed by atoms with Crippen LogP contribution in [0.3, 0.4) is 0 Å². The second-order valence-corrected chi connectivity index (χ2v) is 5.93. The Kier molecular flexibility index (Phi) is 5.09. The Bertz CT molecular complexity index is 424. The molecule has 2 heterocycles. The summed E-state index contributed by atoms with van der Waals surface area (Å²) in [5, 5.41) is 14.4. The van der Waals surface area contributed by atoms with Crippen LogP contribution in [-0.4, -0.2) is 40.5 Å². The van der Waals surface area contributed by atoms with Crippen LogP contribution in [0, 0.1) is 10.1 Å². The summed E-state index contributed by atoms with van der Waals surface area (Å²) in [4.78, 5) is 16.6. The molecular formula is C12H20N4O2S. The van der Waals surface area contributed by atoms with E-state index in [2.05, 4.69) is 22.1 Å². The molecule has 0 aromatic carbocycles. The van der Waals surface area contributed by atoms with Crippen molar-refractivity contribution in [2.75, 3.05) is 25.0 Å². The van der Waals surface area contributed by atoms with E-state index in [0.717, 1.165) is 30.8 Å². The summed E-state index contributed by atoms with van der Waals surface area (Å²) in [7, 11) is 0. The molecule has 0 saturated carbocycles. The maximum atomic E-state index is 10.5. The molecule has 1 unspecified atom stereocenters. The zero-order valence-corrected chi connectivity index (χ0v) is 12.0. The van der Waals surface area contributed by atoms with Gasteiger partial charge in [0.1, 0.15) is 6.20 Å². The van der Waals surface area contributed by atoms with Crippen molar-refractivity contribution in [2.45, 2.75) is 38.6 Å². The van der Waals surface area contributed by atoms with Gasteiger partial charge in [-0.25, -0.2) is 4.98 Å². The van der Waals surface area contributed by atoms with E-state index in [0.29, 0.717) is 11.2 Å². The minimum atomic E-state index is -0.405. The van der Waals surface area contributed by atoms with Crippen LogP contribution in [0.15, 0.2) is 6.20 Å². The summed E-state index contributed by atoms with van der Waals surface area (Å²) in [5.74, 6) is 0. The predicted octanol–water partition coefficient (Wildman–Crippen LogP) is 2.73. The number of nitrogens with one attached hydrogen (secondary N) is 1. The largest absolute Gasteiger partial charge is 0.361 e. The molecule has 0 radical (unpaired) electrons. The molecular weight excluding hydrogens is 264 g/mol. The van der Waals surface area contributed by atoms with Gasteiger partial charge in [0, 0.05) is 19.1 Å². The molecule has 1 aromatic heterocycles. The van der Waals surface area contributed by atoms with Crippen LogP contribution in [0.1, 0.15) is 32.6 Å². The Morgan fingerprint density at radius 2 is 2.47 bits per heavy atom. The van der Waals surface area contributed by atoms with Gasteiger partial charge in [-0.05, 0) is 44.1 Å². The van der Waals surface area contributed by atoms with Gasteiger partial charge in [-0.1, -0.05) is 6.42 Å². The second-order valence-electron chi connectivity index (χ2n) is 4.92. The van der Waals surface area contributed by atoms with Gasteiger partial charge in [0.05, 0.1) is 4.92 Å². The molecule has 0 aliphatic carbocycles. The predicted molar refractivity (Wildman–Crippen MR) is 76.8 cm³/mol. The first-order chi connectivity index (χ1) is 9.16. The van der Waals surface area contributed by atoms with E-state index in [1.807, 2.05) is 0 Å². The van der Waals surface area contributed by atoms with Crippen molar-refractivity contribution in [1.29, 1.82) is 0 Å². The van der Waals surface area contributed by atoms with Crippen molar-refractivity contribution in [3.05, 3.63) is 16.3 Å². The summed E-state index contributed by atoms with van der Waals surface area (Å²) < 4.78 is 0. The van der Waals surface area contributed by atoms with Gasteiger partial charge in [0.25, 0.3) is 0 Å². The fourth-order valence-corrected chi connectivity index (χ4v) is 3.06. The summed E-state index contributed by atoms with van der Waals surface area (Å²) in [5.41, 5.74) is 0. The lowest BCUT2D eigenvalue weighted by atomic mass is 10.0. The van der Waals surface area contributed by atoms with Crippen LogP contribution in [0.25, 0.3) is 0 Å². The van der Waals surface area contributed by atoms with E-state index in [1.165, 1.54) is 32.0 Å². The van der Waals surface area contributed by atoms with Gasteiger partial charge < -0.3 is 10.2 Å². The average Bonchev–Trinajstić information content (AvgIpc) is 2.85. The lowest BCUT2D eigenvalue weighted by molar-refractivity contribution is -0.380. The lowest BCUT2D eigenvalue weighted by Gasteiger charge is -2.33. The highest BCUT2D eigenvalue weighted by Gasteiger charge is 2.17. The molecule has 19 heavy (non-hydrogen) atoms. The Labute approximate surface area is 117 Å². The summed E-state index contributed by atoms with van der Waals surface area (Å²) >= 11 is 1.09. The smallest absolute Gasteiger partial charge is 0.345 e. The number of hydrogen-bond donors (Lipinski definition) is 1. The van der Waals surface area contributed by atoms with E-state index in [1.54, 1.807) is 0 Å². The van der Waals surface area contributed by atoms with Crippen molar-refractivity contribution in [3.8, 4) is 0 Å². The van der Waals surface area contributed by atoms with Gasteiger partial charge in [0.2, 0.25) is 0 Å². The van der Waals surface area contributed by atoms with E-state index < -0.39 is 4.92 Å². The van der Waals surface area contributed by atoms with Crippen molar-refractivity contribution in [3.63, 3.8) is 0 Å². The SMILES string of the molecule is CC1CCCCN1CCCNc1ncc([N+](=O)[O-])s1. The molecule has 7 heteroatoms. The molecule has 1 N–H and O–H groups in total. The quantitative estimate of drug-likeness (QED) is 0.494. The van der Waals surface area contributed by atoms with Crippen LogP contribution in [0.5, 0.6) is 0 Å². The molecule has 106 valence electrons. The number of nitro groups is 1. The highest BCUT2D eigenvalue weighted by Crippen LogP contribution is 2.24. The highest BCUT2D eigenvalue weighted by atomic mass is 32.1. The van der Waals surface area contributed by atoms with Crippen LogP contribution in [-0.2, 0) is 0 Å². The third-order valence-corrected chi connectivity index (χ3v) is 4.42. The number of likely N-dealkylation sites (tertiary alicyclic amines) is 1. The average molecular weight is 284 g/mol. The molecule has 0 amide bonds. The van der Waals surface area contributed by atoms with Gasteiger partial charge in [-0.3, -0.25) is 10.1 Å². The molecule has 1 aliphatic rings. The summed E-state index contributed by atoms with van der Waals surface area (Å²) in [6.45, 7) is 5.39. The molecule has 1 aromatic rings. The normalized spacial score (nSPS) is 20.4. The van der Waals surface area contributed by atoms with Crippen molar-refractivity contribution >= 4 is 21.5 Å². The maximum Gasteiger partial charge on any atom is 0.345 e. The van der Waals surface area contributed by atoms with Crippen molar-refractivity contribution in [2.24, 2.45) is 0 Å². The van der Waals surface area contributed by atoms with Crippen molar-refractivity contribution < 1.29 is 4.92 Å². The maximum absolute atomic E-state index is 10.5. The van der Waals surface area contributed by atoms with E-state index in [4.69, 9.17) is 0 Å². The van der Waals surface area contributed by atoms with E-state index >= 15 is 0 Å². The number of anilines is 1. The van der Waals surface area contributed by atoms with Crippen LogP contribution >= 0.6 is 11.3 Å². The third-order valence-electron chi connectivity index (χ3n) is 3.51. The molecule has 1 aliphatic heterocycles. The number of hydrogen-bond acceptors (Lipinski definition) is 6. The molecule has 2 rings (SSSR count). The van der Waals surface area contributed by atoms with Crippen molar-refractivity contribution in [1.82, 2.24) is 9.88 Å². The summed E-state index contributed by atoms with van der Waals surface area (Å²) in [6.07, 6.45) is 6.29. The zero-order valence-electron chi connectivity index (χ0n) is 11.2. The molecule has 1 atom stereocenters. The molecule has 1 saturated heterocycles. The number of piperidine rings is 1. The second kappa shape index (κ2) is 6.81. The van der Waals surface area contributed by atoms with Crippen LogP contribution < -0.4 is 5.32 Å². The summed E-state index contributed by atoms with van der Waals surface area (Å²) in [6, 6.07) is 0.690. The molecule has 6 nitrogen and oxygen atoms in total. The topological polar surface area (TPSA) is 71.3 Å². The fraction of sp³-hybridized carbons (Fsp3) is 0.750. The minimum Gasteiger partial charge on any atom is -0.361 e. The first-order valence-corrected chi connectivity index (χ1v) is 7.56. The lowest BCUT2D eigenvalue weighted by Crippen LogP contribution is -2.38. The fourth-order valence-electron chi connectivity index (χ4n) is 2.40. The van der Waals surface area contributed by atoms with E-state index in [9.17, 15) is 10.1 Å². The zero-order chi connectivity index (χ0) is 13.7. The minimum absolute atomic E-state index is 0.0900. The Morgan fingerprint density at radius 1 is 1.63 bits per heavy atom. The first kappa shape index (κ1) is 14.2. The molecule has 0 bridgehead atoms. The highest BCUT2D eigenvalue weighted by molar-refractivity contribution is 7.18. The Hall–Kier alpha value is -1.21. The van der Waals surface area contributed by atoms with Crippen LogP contribution in [0.2, 0.25) is 0 Å². The van der Waals surface area contributed by atoms with Gasteiger partial charge in [-0.15, -0.1) is 0 Å². The van der Waals surface area contributed by atoms with Gasteiger partial charge >= 0.3 is 5.00 Å². The monoisotopic (exact) mass is 284 g/mol. The third kappa shape index (κ3) is 4.14. The molecule has 1 fully saturated rings. The number of nitrogens with zero attached hydrogens (tertiary/aromatic N) is 3. The molecule has 0 spiro atoms. The van der Waals surface area contributed by atoms with Gasteiger partial charge in [0.15, 0.2) is 5.13 Å². The Balaban J connectivity index is 1.67. The van der Waals surface area contributed by atoms with Crippen LogP contribution in [0.4, 0.5) is 10.1 Å². The van der Waals surface area contributed by atoms with Gasteiger partial charge in [-0.2, -0.15) is 0 Å². The van der Waals surface area contributed by atoms with E-state index in [-0.39, 0.29) is 5.00 Å². The standard InChI is InChI=1S/C12H20N4O2S/c1-10-5-2-3-7-15(10)8-4-6-13-12-14-9-11(19-12)16(17)18/h9-10H,2-8H2,1H3,(H,13,14). The number of aromatic nitrogens is 1.